The van der Waals surface area contributed by atoms with Crippen molar-refractivity contribution in [3.63, 3.8) is 0 Å². The molecule has 7 nitrogen and oxygen atoms in total. The molecule has 3 unspecified atom stereocenters. The predicted molar refractivity (Wildman–Crippen MR) is 75.7 cm³/mol. The van der Waals surface area contributed by atoms with Crippen molar-refractivity contribution in [3.8, 4) is 0 Å². The molecule has 7 heteroatoms. The number of carboxylic acids is 1. The maximum absolute atomic E-state index is 12.0. The summed E-state index contributed by atoms with van der Waals surface area (Å²) in [5, 5.41) is 17.4. The second-order valence-corrected chi connectivity index (χ2v) is 5.79. The average molecular weight is 297 g/mol. The number of rotatable bonds is 3. The highest BCUT2D eigenvalue weighted by Crippen LogP contribution is 2.23. The average Bonchev–Trinajstić information content (AvgIpc) is 2.67. The zero-order valence-electron chi connectivity index (χ0n) is 12.1. The lowest BCUT2D eigenvalue weighted by molar-refractivity contribution is -0.142. The fourth-order valence-electron chi connectivity index (χ4n) is 3.05. The number of hydrogen-bond acceptors (Lipinski definition) is 3. The predicted octanol–water partition coefficient (Wildman–Crippen LogP) is 0.598. The number of amides is 3. The third-order valence-electron chi connectivity index (χ3n) is 4.24. The molecule has 1 aliphatic heterocycles. The van der Waals surface area contributed by atoms with Crippen LogP contribution in [0.5, 0.6) is 0 Å². The number of carbonyl (C=O) groups is 3. The summed E-state index contributed by atoms with van der Waals surface area (Å²) in [6, 6.07) is -1.33. The third kappa shape index (κ3) is 4.34. The molecule has 1 saturated carbocycles. The molecule has 4 N–H and O–H groups in total. The molecule has 0 aromatic heterocycles. The van der Waals surface area contributed by atoms with Crippen LogP contribution < -0.4 is 16.0 Å². The fourth-order valence-corrected chi connectivity index (χ4v) is 3.05. The van der Waals surface area contributed by atoms with E-state index in [-0.39, 0.29) is 11.9 Å². The third-order valence-corrected chi connectivity index (χ3v) is 4.24. The first kappa shape index (κ1) is 15.6. The molecule has 1 aliphatic carbocycles. The van der Waals surface area contributed by atoms with Gasteiger partial charge in [0.1, 0.15) is 6.04 Å². The number of nitrogens with one attached hydrogen (secondary N) is 3. The van der Waals surface area contributed by atoms with Gasteiger partial charge in [0.2, 0.25) is 5.91 Å². The summed E-state index contributed by atoms with van der Waals surface area (Å²) in [4.78, 5) is 34.9. The Bertz CT molecular complexity index is 413. The van der Waals surface area contributed by atoms with Gasteiger partial charge >= 0.3 is 12.0 Å². The number of carbonyl (C=O) groups excluding carboxylic acids is 2. The molecule has 0 radical (unpaired) electrons. The summed E-state index contributed by atoms with van der Waals surface area (Å²) in [7, 11) is 0. The van der Waals surface area contributed by atoms with Crippen molar-refractivity contribution in [1.29, 1.82) is 0 Å². The van der Waals surface area contributed by atoms with Crippen molar-refractivity contribution in [1.82, 2.24) is 16.0 Å². The number of carboxylic acid groups (broad SMARTS) is 1. The molecule has 2 aliphatic rings. The van der Waals surface area contributed by atoms with Crippen molar-refractivity contribution in [2.45, 2.75) is 57.0 Å². The normalized spacial score (nSPS) is 29.9. The van der Waals surface area contributed by atoms with Crippen LogP contribution in [0.25, 0.3) is 0 Å². The first-order valence-corrected chi connectivity index (χ1v) is 7.65. The Morgan fingerprint density at radius 3 is 2.52 bits per heavy atom. The summed E-state index contributed by atoms with van der Waals surface area (Å²) in [6.07, 6.45) is 5.49. The molecule has 1 saturated heterocycles. The van der Waals surface area contributed by atoms with Gasteiger partial charge in [-0.25, -0.2) is 4.79 Å². The summed E-state index contributed by atoms with van der Waals surface area (Å²) in [5.41, 5.74) is 0. The lowest BCUT2D eigenvalue weighted by Crippen LogP contribution is -2.55. The van der Waals surface area contributed by atoms with E-state index in [0.29, 0.717) is 25.8 Å². The summed E-state index contributed by atoms with van der Waals surface area (Å²) >= 11 is 0. The Morgan fingerprint density at radius 1 is 1.05 bits per heavy atom. The standard InChI is InChI=1S/C14H23N3O4/c18-12-11(7-4-8-15-12)17-14(21)16-10-6-3-1-2-5-9(10)13(19)20/h9-11H,1-8H2,(H,15,18)(H,19,20)(H2,16,17,21). The van der Waals surface area contributed by atoms with Crippen molar-refractivity contribution in [2.24, 2.45) is 5.92 Å². The molecule has 3 atom stereocenters. The van der Waals surface area contributed by atoms with Crippen LogP contribution in [-0.4, -0.2) is 41.6 Å². The Morgan fingerprint density at radius 2 is 1.81 bits per heavy atom. The smallest absolute Gasteiger partial charge is 0.315 e. The van der Waals surface area contributed by atoms with Crippen molar-refractivity contribution >= 4 is 17.9 Å². The number of hydrogen-bond donors (Lipinski definition) is 4. The Labute approximate surface area is 123 Å². The van der Waals surface area contributed by atoms with E-state index < -0.39 is 24.0 Å². The summed E-state index contributed by atoms with van der Waals surface area (Å²) in [6.45, 7) is 0.641. The minimum atomic E-state index is -0.863. The van der Waals surface area contributed by atoms with Gasteiger partial charge in [-0.05, 0) is 25.7 Å². The lowest BCUT2D eigenvalue weighted by atomic mass is 9.95. The molecule has 3 amide bonds. The highest BCUT2D eigenvalue weighted by molar-refractivity contribution is 5.87. The molecule has 1 heterocycles. The van der Waals surface area contributed by atoms with Gasteiger partial charge in [0.25, 0.3) is 0 Å². The van der Waals surface area contributed by atoms with Crippen LogP contribution in [0.1, 0.15) is 44.9 Å². The highest BCUT2D eigenvalue weighted by atomic mass is 16.4. The largest absolute Gasteiger partial charge is 0.481 e. The quantitative estimate of drug-likeness (QED) is 0.572. The highest BCUT2D eigenvalue weighted by Gasteiger charge is 2.31. The summed E-state index contributed by atoms with van der Waals surface area (Å²) < 4.78 is 0. The van der Waals surface area contributed by atoms with Crippen molar-refractivity contribution in [3.05, 3.63) is 0 Å². The number of piperidine rings is 1. The summed E-state index contributed by atoms with van der Waals surface area (Å²) in [5.74, 6) is -1.58. The number of aliphatic carboxylic acids is 1. The minimum Gasteiger partial charge on any atom is -0.481 e. The van der Waals surface area contributed by atoms with Gasteiger partial charge in [-0.3, -0.25) is 9.59 Å². The molecular weight excluding hydrogens is 274 g/mol. The van der Waals surface area contributed by atoms with Gasteiger partial charge in [0.05, 0.1) is 5.92 Å². The van der Waals surface area contributed by atoms with Gasteiger partial charge in [0.15, 0.2) is 0 Å². The van der Waals surface area contributed by atoms with Gasteiger partial charge in [-0.15, -0.1) is 0 Å². The topological polar surface area (TPSA) is 108 Å². The molecule has 0 spiro atoms. The lowest BCUT2D eigenvalue weighted by Gasteiger charge is -2.26. The van der Waals surface area contributed by atoms with Crippen molar-refractivity contribution < 1.29 is 19.5 Å². The van der Waals surface area contributed by atoms with Crippen LogP contribution in [0.2, 0.25) is 0 Å². The van der Waals surface area contributed by atoms with E-state index in [4.69, 9.17) is 0 Å². The number of urea groups is 1. The van der Waals surface area contributed by atoms with E-state index in [1.165, 1.54) is 0 Å². The van der Waals surface area contributed by atoms with Gasteiger partial charge < -0.3 is 21.1 Å². The van der Waals surface area contributed by atoms with Crippen LogP contribution >= 0.6 is 0 Å². The van der Waals surface area contributed by atoms with Crippen LogP contribution in [0.3, 0.4) is 0 Å². The van der Waals surface area contributed by atoms with Gasteiger partial charge in [-0.1, -0.05) is 19.3 Å². The molecule has 21 heavy (non-hydrogen) atoms. The Balaban J connectivity index is 1.90. The molecule has 118 valence electrons. The molecule has 0 aromatic carbocycles. The first-order valence-electron chi connectivity index (χ1n) is 7.65. The SMILES string of the molecule is O=C(NC1CCCNC1=O)NC1CCCCCC1C(=O)O. The second kappa shape index (κ2) is 7.28. The van der Waals surface area contributed by atoms with Gasteiger partial charge in [0, 0.05) is 12.6 Å². The van der Waals surface area contributed by atoms with E-state index in [1.807, 2.05) is 0 Å². The maximum atomic E-state index is 12.0. The van der Waals surface area contributed by atoms with Gasteiger partial charge in [-0.2, -0.15) is 0 Å². The van der Waals surface area contributed by atoms with Crippen LogP contribution in [0.4, 0.5) is 4.79 Å². The zero-order chi connectivity index (χ0) is 15.2. The first-order chi connectivity index (χ1) is 10.1. The van der Waals surface area contributed by atoms with Crippen LogP contribution in [0.15, 0.2) is 0 Å². The molecule has 0 bridgehead atoms. The van der Waals surface area contributed by atoms with E-state index in [9.17, 15) is 19.5 Å². The molecule has 0 aromatic rings. The van der Waals surface area contributed by atoms with E-state index in [1.54, 1.807) is 0 Å². The molecular formula is C14H23N3O4. The molecule has 2 fully saturated rings. The minimum absolute atomic E-state index is 0.174. The van der Waals surface area contributed by atoms with E-state index in [0.717, 1.165) is 25.7 Å². The maximum Gasteiger partial charge on any atom is 0.315 e. The second-order valence-electron chi connectivity index (χ2n) is 5.79. The Kier molecular flexibility index (Phi) is 5.41. The van der Waals surface area contributed by atoms with Crippen LogP contribution in [-0.2, 0) is 9.59 Å². The Hall–Kier alpha value is -1.79. The fraction of sp³-hybridized carbons (Fsp3) is 0.786. The monoisotopic (exact) mass is 297 g/mol. The van der Waals surface area contributed by atoms with E-state index >= 15 is 0 Å². The van der Waals surface area contributed by atoms with E-state index in [2.05, 4.69) is 16.0 Å². The molecule has 2 rings (SSSR count). The zero-order valence-corrected chi connectivity index (χ0v) is 12.1. The van der Waals surface area contributed by atoms with Crippen molar-refractivity contribution in [2.75, 3.05) is 6.54 Å². The van der Waals surface area contributed by atoms with Crippen LogP contribution in [0, 0.1) is 5.92 Å².